The Labute approximate surface area is 111 Å². The molecule has 2 unspecified atom stereocenters. The molecule has 1 amide bonds. The van der Waals surface area contributed by atoms with Gasteiger partial charge in [0.25, 0.3) is 11.5 Å². The van der Waals surface area contributed by atoms with E-state index in [4.69, 9.17) is 0 Å². The summed E-state index contributed by atoms with van der Waals surface area (Å²) in [4.78, 5) is 23.2. The standard InChI is InChI=1S/C13H19N3O3/c1-16-12(18)8-7-10(15-16)13(19)14-9-5-3-2-4-6-11(9)17/h7-9,11,17H,2-6H2,1H3,(H,14,19). The molecule has 6 heteroatoms. The van der Waals surface area contributed by atoms with Gasteiger partial charge in [0, 0.05) is 13.1 Å². The van der Waals surface area contributed by atoms with Crippen LogP contribution in [0.2, 0.25) is 0 Å². The average Bonchev–Trinajstić information content (AvgIpc) is 2.58. The fourth-order valence-electron chi connectivity index (χ4n) is 2.32. The Kier molecular flexibility index (Phi) is 4.31. The van der Waals surface area contributed by atoms with Gasteiger partial charge in [-0.3, -0.25) is 9.59 Å². The highest BCUT2D eigenvalue weighted by molar-refractivity contribution is 5.92. The van der Waals surface area contributed by atoms with Gasteiger partial charge in [-0.25, -0.2) is 4.68 Å². The van der Waals surface area contributed by atoms with E-state index in [1.807, 2.05) is 0 Å². The summed E-state index contributed by atoms with van der Waals surface area (Å²) in [5, 5.41) is 16.7. The number of aromatic nitrogens is 2. The minimum Gasteiger partial charge on any atom is -0.391 e. The van der Waals surface area contributed by atoms with Gasteiger partial charge in [-0.15, -0.1) is 0 Å². The van der Waals surface area contributed by atoms with E-state index in [9.17, 15) is 14.7 Å². The number of amides is 1. The van der Waals surface area contributed by atoms with Gasteiger partial charge >= 0.3 is 0 Å². The van der Waals surface area contributed by atoms with Crippen molar-refractivity contribution in [2.45, 2.75) is 44.2 Å². The zero-order chi connectivity index (χ0) is 13.8. The number of carbonyl (C=O) groups is 1. The first kappa shape index (κ1) is 13.7. The highest BCUT2D eigenvalue weighted by Gasteiger charge is 2.24. The number of rotatable bonds is 2. The third-order valence-corrected chi connectivity index (χ3v) is 3.49. The quantitative estimate of drug-likeness (QED) is 0.748. The molecular weight excluding hydrogens is 246 g/mol. The summed E-state index contributed by atoms with van der Waals surface area (Å²) in [6.45, 7) is 0. The van der Waals surface area contributed by atoms with Crippen molar-refractivity contribution in [3.8, 4) is 0 Å². The van der Waals surface area contributed by atoms with Crippen LogP contribution in [0, 0.1) is 0 Å². The largest absolute Gasteiger partial charge is 0.391 e. The van der Waals surface area contributed by atoms with Crippen molar-refractivity contribution in [2.75, 3.05) is 0 Å². The molecule has 1 aliphatic rings. The summed E-state index contributed by atoms with van der Waals surface area (Å²) in [7, 11) is 1.50. The SMILES string of the molecule is Cn1nc(C(=O)NC2CCCCCC2O)ccc1=O. The van der Waals surface area contributed by atoms with Gasteiger partial charge in [0.15, 0.2) is 0 Å². The van der Waals surface area contributed by atoms with Crippen LogP contribution < -0.4 is 10.9 Å². The molecule has 1 heterocycles. The summed E-state index contributed by atoms with van der Waals surface area (Å²) in [6.07, 6.45) is 4.07. The zero-order valence-electron chi connectivity index (χ0n) is 11.0. The maximum atomic E-state index is 12.0. The lowest BCUT2D eigenvalue weighted by atomic mass is 10.1. The van der Waals surface area contributed by atoms with Crippen LogP contribution in [0.1, 0.15) is 42.6 Å². The van der Waals surface area contributed by atoms with Crippen molar-refractivity contribution in [3.63, 3.8) is 0 Å². The number of nitrogens with one attached hydrogen (secondary N) is 1. The van der Waals surface area contributed by atoms with Gasteiger partial charge in [-0.05, 0) is 18.9 Å². The van der Waals surface area contributed by atoms with Crippen LogP contribution >= 0.6 is 0 Å². The van der Waals surface area contributed by atoms with Crippen LogP contribution in [0.3, 0.4) is 0 Å². The maximum Gasteiger partial charge on any atom is 0.272 e. The third-order valence-electron chi connectivity index (χ3n) is 3.49. The molecule has 2 atom stereocenters. The lowest BCUT2D eigenvalue weighted by molar-refractivity contribution is 0.0812. The smallest absolute Gasteiger partial charge is 0.272 e. The normalized spacial score (nSPS) is 23.7. The fourth-order valence-corrected chi connectivity index (χ4v) is 2.32. The molecule has 2 rings (SSSR count). The molecule has 0 spiro atoms. The van der Waals surface area contributed by atoms with Crippen molar-refractivity contribution in [1.82, 2.24) is 15.1 Å². The summed E-state index contributed by atoms with van der Waals surface area (Å²) < 4.78 is 1.12. The molecule has 1 aromatic heterocycles. The average molecular weight is 265 g/mol. The zero-order valence-corrected chi connectivity index (χ0v) is 11.0. The predicted molar refractivity (Wildman–Crippen MR) is 69.8 cm³/mol. The summed E-state index contributed by atoms with van der Waals surface area (Å²) >= 11 is 0. The van der Waals surface area contributed by atoms with Crippen LogP contribution in [0.15, 0.2) is 16.9 Å². The van der Waals surface area contributed by atoms with E-state index in [0.29, 0.717) is 6.42 Å². The molecule has 0 bridgehead atoms. The van der Waals surface area contributed by atoms with E-state index in [0.717, 1.165) is 30.4 Å². The van der Waals surface area contributed by atoms with Gasteiger partial charge in [0.05, 0.1) is 12.1 Å². The molecule has 104 valence electrons. The van der Waals surface area contributed by atoms with Gasteiger partial charge in [-0.2, -0.15) is 5.10 Å². The molecular formula is C13H19N3O3. The minimum atomic E-state index is -0.501. The van der Waals surface area contributed by atoms with Gasteiger partial charge in [0.1, 0.15) is 5.69 Å². The topological polar surface area (TPSA) is 84.2 Å². The van der Waals surface area contributed by atoms with E-state index in [-0.39, 0.29) is 23.2 Å². The number of hydrogen-bond acceptors (Lipinski definition) is 4. The summed E-state index contributed by atoms with van der Waals surface area (Å²) in [6, 6.07) is 2.49. The van der Waals surface area contributed by atoms with Gasteiger partial charge in [0.2, 0.25) is 0 Å². The van der Waals surface area contributed by atoms with Crippen molar-refractivity contribution in [1.29, 1.82) is 0 Å². The van der Waals surface area contributed by atoms with E-state index in [1.165, 1.54) is 19.2 Å². The van der Waals surface area contributed by atoms with Gasteiger partial charge < -0.3 is 10.4 Å². The minimum absolute atomic E-state index is 0.193. The highest BCUT2D eigenvalue weighted by Crippen LogP contribution is 2.18. The second-order valence-corrected chi connectivity index (χ2v) is 4.97. The predicted octanol–water partition coefficient (Wildman–Crippen LogP) is 0.204. The molecule has 0 aliphatic heterocycles. The van der Waals surface area contributed by atoms with Crippen LogP contribution in [-0.2, 0) is 7.05 Å². The van der Waals surface area contributed by atoms with Crippen LogP contribution in [-0.4, -0.2) is 32.9 Å². The van der Waals surface area contributed by atoms with Gasteiger partial charge in [-0.1, -0.05) is 19.3 Å². The second kappa shape index (κ2) is 5.97. The lowest BCUT2D eigenvalue weighted by Gasteiger charge is -2.21. The molecule has 1 fully saturated rings. The summed E-state index contributed by atoms with van der Waals surface area (Å²) in [5.41, 5.74) is -0.0652. The van der Waals surface area contributed by atoms with Crippen molar-refractivity contribution >= 4 is 5.91 Å². The first-order valence-electron chi connectivity index (χ1n) is 6.61. The molecule has 0 radical (unpaired) electrons. The second-order valence-electron chi connectivity index (χ2n) is 4.97. The molecule has 1 aliphatic carbocycles. The molecule has 0 aromatic carbocycles. The van der Waals surface area contributed by atoms with E-state index >= 15 is 0 Å². The number of nitrogens with zero attached hydrogens (tertiary/aromatic N) is 2. The number of aliphatic hydroxyl groups excluding tert-OH is 1. The Morgan fingerprint density at radius 1 is 1.37 bits per heavy atom. The Hall–Kier alpha value is -1.69. The Bertz CT molecular complexity index is 512. The van der Waals surface area contributed by atoms with Crippen molar-refractivity contribution in [3.05, 3.63) is 28.2 Å². The van der Waals surface area contributed by atoms with Crippen molar-refractivity contribution in [2.24, 2.45) is 7.05 Å². The van der Waals surface area contributed by atoms with Crippen LogP contribution in [0.5, 0.6) is 0 Å². The molecule has 2 N–H and O–H groups in total. The Balaban J connectivity index is 2.07. The van der Waals surface area contributed by atoms with E-state index in [2.05, 4.69) is 10.4 Å². The Morgan fingerprint density at radius 3 is 2.84 bits per heavy atom. The highest BCUT2D eigenvalue weighted by atomic mass is 16.3. The third kappa shape index (κ3) is 3.41. The molecule has 1 saturated carbocycles. The number of aliphatic hydroxyl groups is 1. The van der Waals surface area contributed by atoms with E-state index < -0.39 is 6.10 Å². The molecule has 1 aromatic rings. The summed E-state index contributed by atoms with van der Waals surface area (Å²) in [5.74, 6) is -0.346. The van der Waals surface area contributed by atoms with Crippen molar-refractivity contribution < 1.29 is 9.90 Å². The van der Waals surface area contributed by atoms with E-state index in [1.54, 1.807) is 0 Å². The Morgan fingerprint density at radius 2 is 2.11 bits per heavy atom. The molecule has 19 heavy (non-hydrogen) atoms. The first-order chi connectivity index (χ1) is 9.08. The number of hydrogen-bond donors (Lipinski definition) is 2. The molecule has 0 saturated heterocycles. The number of carbonyl (C=O) groups excluding carboxylic acids is 1. The number of aryl methyl sites for hydroxylation is 1. The lowest BCUT2D eigenvalue weighted by Crippen LogP contribution is -2.43. The van der Waals surface area contributed by atoms with Crippen LogP contribution in [0.25, 0.3) is 0 Å². The maximum absolute atomic E-state index is 12.0. The van der Waals surface area contributed by atoms with Crippen LogP contribution in [0.4, 0.5) is 0 Å². The fraction of sp³-hybridized carbons (Fsp3) is 0.615. The first-order valence-corrected chi connectivity index (χ1v) is 6.61. The molecule has 6 nitrogen and oxygen atoms in total. The monoisotopic (exact) mass is 265 g/mol.